The highest BCUT2D eigenvalue weighted by molar-refractivity contribution is 5.01. The first kappa shape index (κ1) is 14.6. The molecule has 98 valence electrons. The second-order valence-corrected chi connectivity index (χ2v) is 6.11. The van der Waals surface area contributed by atoms with Crippen molar-refractivity contribution in [3.63, 3.8) is 0 Å². The molecule has 0 aromatic carbocycles. The van der Waals surface area contributed by atoms with Crippen molar-refractivity contribution in [1.29, 1.82) is 5.26 Å². The second-order valence-electron chi connectivity index (χ2n) is 6.11. The summed E-state index contributed by atoms with van der Waals surface area (Å²) in [5.74, 6) is 0.767. The molecule has 0 bridgehead atoms. The summed E-state index contributed by atoms with van der Waals surface area (Å²) in [5.41, 5.74) is 0.0441. The Hall–Kier alpha value is -0.510. The molecule has 2 atom stereocenters. The first-order chi connectivity index (χ1) is 8.22. The predicted molar refractivity (Wildman–Crippen MR) is 73.7 cm³/mol. The molecule has 1 aliphatic carbocycles. The third-order valence-electron chi connectivity index (χ3n) is 4.34. The van der Waals surface area contributed by atoms with Crippen LogP contribution in [0.15, 0.2) is 0 Å². The molecule has 0 heterocycles. The van der Waals surface area contributed by atoms with Gasteiger partial charge in [0.2, 0.25) is 0 Å². The maximum Gasteiger partial charge on any atom is 0.0689 e. The van der Waals surface area contributed by atoms with Crippen molar-refractivity contribution in [1.82, 2.24) is 0 Å². The minimum absolute atomic E-state index is 0.0441. The third-order valence-corrected chi connectivity index (χ3v) is 4.34. The van der Waals surface area contributed by atoms with Gasteiger partial charge < -0.3 is 0 Å². The van der Waals surface area contributed by atoms with Gasteiger partial charge in [0, 0.05) is 0 Å². The maximum absolute atomic E-state index is 9.45. The zero-order chi connectivity index (χ0) is 12.6. The molecule has 0 amide bonds. The number of nitrogens with zero attached hydrogens (tertiary/aromatic N) is 1. The lowest BCUT2D eigenvalue weighted by atomic mass is 9.68. The molecule has 1 saturated carbocycles. The zero-order valence-corrected chi connectivity index (χ0v) is 11.8. The summed E-state index contributed by atoms with van der Waals surface area (Å²) in [6.07, 6.45) is 14.1. The van der Waals surface area contributed by atoms with Gasteiger partial charge in [0.25, 0.3) is 0 Å². The van der Waals surface area contributed by atoms with Crippen LogP contribution in [0.5, 0.6) is 0 Å². The highest BCUT2D eigenvalue weighted by atomic mass is 14.4. The van der Waals surface area contributed by atoms with E-state index in [-0.39, 0.29) is 5.41 Å². The van der Waals surface area contributed by atoms with E-state index in [1.165, 1.54) is 51.4 Å². The Morgan fingerprint density at radius 1 is 1.18 bits per heavy atom. The van der Waals surface area contributed by atoms with Crippen molar-refractivity contribution in [3.05, 3.63) is 0 Å². The summed E-state index contributed by atoms with van der Waals surface area (Å²) >= 11 is 0. The molecular weight excluding hydrogens is 206 g/mol. The smallest absolute Gasteiger partial charge is 0.0689 e. The van der Waals surface area contributed by atoms with Gasteiger partial charge >= 0.3 is 0 Å². The van der Waals surface area contributed by atoms with Crippen LogP contribution >= 0.6 is 0 Å². The lowest BCUT2D eigenvalue weighted by Crippen LogP contribution is -2.26. The Kier molecular flexibility index (Phi) is 6.63. The Bertz CT molecular complexity index is 240. The summed E-state index contributed by atoms with van der Waals surface area (Å²) in [7, 11) is 0. The van der Waals surface area contributed by atoms with Crippen molar-refractivity contribution in [2.45, 2.75) is 84.5 Å². The number of hydrogen-bond acceptors (Lipinski definition) is 1. The van der Waals surface area contributed by atoms with E-state index in [0.29, 0.717) is 0 Å². The highest BCUT2D eigenvalue weighted by Crippen LogP contribution is 2.42. The van der Waals surface area contributed by atoms with Gasteiger partial charge in [-0.25, -0.2) is 0 Å². The third kappa shape index (κ3) is 5.11. The average molecular weight is 235 g/mol. The van der Waals surface area contributed by atoms with Gasteiger partial charge in [-0.1, -0.05) is 65.2 Å². The molecular formula is C16H29N. The van der Waals surface area contributed by atoms with E-state index in [9.17, 15) is 5.26 Å². The van der Waals surface area contributed by atoms with Gasteiger partial charge in [0.05, 0.1) is 11.5 Å². The Morgan fingerprint density at radius 2 is 1.88 bits per heavy atom. The molecule has 0 aromatic heterocycles. The standard InChI is InChI=1S/C16H29N/c1-3-4-5-6-7-8-11-16(14-17)12-9-10-15(2)13-16/h15H,3-13H2,1-2H3. The van der Waals surface area contributed by atoms with Gasteiger partial charge in [0.1, 0.15) is 0 Å². The van der Waals surface area contributed by atoms with Crippen LogP contribution in [0.1, 0.15) is 84.5 Å². The van der Waals surface area contributed by atoms with Crippen LogP contribution in [-0.2, 0) is 0 Å². The molecule has 0 aliphatic heterocycles. The summed E-state index contributed by atoms with van der Waals surface area (Å²) in [5, 5.41) is 9.45. The molecule has 1 aliphatic rings. The van der Waals surface area contributed by atoms with Crippen LogP contribution in [0.25, 0.3) is 0 Å². The number of nitriles is 1. The normalized spacial score (nSPS) is 28.9. The summed E-state index contributed by atoms with van der Waals surface area (Å²) in [6.45, 7) is 4.57. The fraction of sp³-hybridized carbons (Fsp3) is 0.938. The lowest BCUT2D eigenvalue weighted by Gasteiger charge is -2.34. The highest BCUT2D eigenvalue weighted by Gasteiger charge is 2.34. The Morgan fingerprint density at radius 3 is 2.53 bits per heavy atom. The molecule has 0 spiro atoms. The van der Waals surface area contributed by atoms with Gasteiger partial charge in [-0.05, 0) is 25.2 Å². The van der Waals surface area contributed by atoms with Gasteiger partial charge in [-0.3, -0.25) is 0 Å². The number of unbranched alkanes of at least 4 members (excludes halogenated alkanes) is 5. The minimum atomic E-state index is 0.0441. The van der Waals surface area contributed by atoms with Crippen molar-refractivity contribution in [2.24, 2.45) is 11.3 Å². The van der Waals surface area contributed by atoms with Gasteiger partial charge in [-0.15, -0.1) is 0 Å². The molecule has 1 heteroatoms. The van der Waals surface area contributed by atoms with Crippen molar-refractivity contribution < 1.29 is 0 Å². The first-order valence-corrected chi connectivity index (χ1v) is 7.64. The molecule has 0 aromatic rings. The Balaban J connectivity index is 2.20. The molecule has 0 saturated heterocycles. The van der Waals surface area contributed by atoms with E-state index in [1.807, 2.05) is 0 Å². The SMILES string of the molecule is CCCCCCCCC1(C#N)CCCC(C)C1. The van der Waals surface area contributed by atoms with E-state index in [1.54, 1.807) is 0 Å². The van der Waals surface area contributed by atoms with Crippen LogP contribution in [-0.4, -0.2) is 0 Å². The second kappa shape index (κ2) is 7.75. The molecule has 1 nitrogen and oxygen atoms in total. The van der Waals surface area contributed by atoms with Crippen molar-refractivity contribution in [2.75, 3.05) is 0 Å². The fourth-order valence-electron chi connectivity index (χ4n) is 3.29. The van der Waals surface area contributed by atoms with E-state index >= 15 is 0 Å². The van der Waals surface area contributed by atoms with E-state index in [4.69, 9.17) is 0 Å². The van der Waals surface area contributed by atoms with Crippen molar-refractivity contribution in [3.8, 4) is 6.07 Å². The largest absolute Gasteiger partial charge is 0.198 e. The van der Waals surface area contributed by atoms with Gasteiger partial charge in [-0.2, -0.15) is 5.26 Å². The maximum atomic E-state index is 9.45. The summed E-state index contributed by atoms with van der Waals surface area (Å²) in [4.78, 5) is 0. The van der Waals surface area contributed by atoms with Crippen LogP contribution in [0, 0.1) is 22.7 Å². The zero-order valence-electron chi connectivity index (χ0n) is 11.8. The quantitative estimate of drug-likeness (QED) is 0.538. The molecule has 1 rings (SSSR count). The molecule has 2 unspecified atom stereocenters. The Labute approximate surface area is 108 Å². The van der Waals surface area contributed by atoms with Crippen LogP contribution in [0.4, 0.5) is 0 Å². The minimum Gasteiger partial charge on any atom is -0.198 e. The number of hydrogen-bond donors (Lipinski definition) is 0. The summed E-state index contributed by atoms with van der Waals surface area (Å²) in [6, 6.07) is 2.65. The van der Waals surface area contributed by atoms with Crippen LogP contribution in [0.3, 0.4) is 0 Å². The van der Waals surface area contributed by atoms with Gasteiger partial charge in [0.15, 0.2) is 0 Å². The first-order valence-electron chi connectivity index (χ1n) is 7.64. The van der Waals surface area contributed by atoms with E-state index in [2.05, 4.69) is 19.9 Å². The molecule has 1 fully saturated rings. The van der Waals surface area contributed by atoms with Crippen LogP contribution < -0.4 is 0 Å². The summed E-state index contributed by atoms with van der Waals surface area (Å²) < 4.78 is 0. The van der Waals surface area contributed by atoms with Crippen molar-refractivity contribution >= 4 is 0 Å². The van der Waals surface area contributed by atoms with E-state index in [0.717, 1.165) is 25.2 Å². The predicted octanol–water partition coefficient (Wildman–Crippen LogP) is 5.46. The fourth-order valence-corrected chi connectivity index (χ4v) is 3.29. The molecule has 17 heavy (non-hydrogen) atoms. The monoisotopic (exact) mass is 235 g/mol. The topological polar surface area (TPSA) is 23.8 Å². The lowest BCUT2D eigenvalue weighted by molar-refractivity contribution is 0.192. The van der Waals surface area contributed by atoms with Crippen LogP contribution in [0.2, 0.25) is 0 Å². The average Bonchev–Trinajstić information content (AvgIpc) is 2.34. The van der Waals surface area contributed by atoms with E-state index < -0.39 is 0 Å². The molecule has 0 radical (unpaired) electrons. The number of rotatable bonds is 7. The molecule has 0 N–H and O–H groups in total.